The molecule has 0 saturated heterocycles. The monoisotopic (exact) mass is 438 g/mol. The molecule has 0 unspecified atom stereocenters. The van der Waals surface area contributed by atoms with Gasteiger partial charge in [-0.1, -0.05) is 0 Å². The minimum absolute atomic E-state index is 0.283. The highest BCUT2D eigenvalue weighted by Crippen LogP contribution is 2.33. The molecule has 1 atom stereocenters. The van der Waals surface area contributed by atoms with Crippen LogP contribution in [0.5, 0.6) is 11.5 Å². The number of esters is 2. The number of amides is 1. The topological polar surface area (TPSA) is 104 Å². The number of carbonyl (C=O) groups excluding carboxylic acids is 3. The van der Waals surface area contributed by atoms with E-state index in [-0.39, 0.29) is 6.42 Å². The van der Waals surface area contributed by atoms with Gasteiger partial charge in [0.2, 0.25) is 0 Å². The minimum atomic E-state index is -0.955. The predicted molar refractivity (Wildman–Crippen MR) is 110 cm³/mol. The second-order valence-electron chi connectivity index (χ2n) is 7.03. The molecule has 0 spiro atoms. The smallest absolute Gasteiger partial charge is 0.412 e. The molecule has 10 heteroatoms. The van der Waals surface area contributed by atoms with Crippen LogP contribution in [0.3, 0.4) is 0 Å². The van der Waals surface area contributed by atoms with E-state index in [0.29, 0.717) is 24.6 Å². The molecule has 0 aliphatic carbocycles. The van der Waals surface area contributed by atoms with Gasteiger partial charge in [0, 0.05) is 26.6 Å². The van der Waals surface area contributed by atoms with Crippen LogP contribution in [-0.2, 0) is 36.8 Å². The van der Waals surface area contributed by atoms with Crippen LogP contribution in [0.15, 0.2) is 12.1 Å². The van der Waals surface area contributed by atoms with E-state index in [1.165, 1.54) is 26.7 Å². The number of carbonyl (C=O) groups is 3. The van der Waals surface area contributed by atoms with Crippen LogP contribution in [0, 0.1) is 0 Å². The Morgan fingerprint density at radius 2 is 1.68 bits per heavy atom. The Morgan fingerprint density at radius 1 is 1.03 bits per heavy atom. The van der Waals surface area contributed by atoms with Gasteiger partial charge in [0.1, 0.15) is 6.04 Å². The molecule has 1 heterocycles. The van der Waals surface area contributed by atoms with E-state index in [9.17, 15) is 14.4 Å². The quantitative estimate of drug-likeness (QED) is 0.323. The summed E-state index contributed by atoms with van der Waals surface area (Å²) in [4.78, 5) is 39.0. The van der Waals surface area contributed by atoms with E-state index in [1.54, 1.807) is 14.2 Å². The zero-order valence-electron chi connectivity index (χ0n) is 18.6. The van der Waals surface area contributed by atoms with Crippen molar-refractivity contribution < 1.29 is 38.1 Å². The molecule has 172 valence electrons. The SMILES string of the molecule is COC(=O)[C@H](CCN1CCc2cc(OC)c(OC)cc2C1)N(COC(C)=O)C(=O)OC. The van der Waals surface area contributed by atoms with Crippen LogP contribution in [0.4, 0.5) is 4.79 Å². The zero-order valence-corrected chi connectivity index (χ0v) is 18.6. The van der Waals surface area contributed by atoms with Crippen molar-refractivity contribution in [1.82, 2.24) is 9.80 Å². The standard InChI is InChI=1S/C21H30N2O8/c1-14(24)31-13-23(21(26)30-5)17(20(25)29-4)7-9-22-8-6-15-10-18(27-2)19(28-3)11-16(15)12-22/h10-11,17H,6-9,12-13H2,1-5H3/t17-/m0/s1. The highest BCUT2D eigenvalue weighted by Gasteiger charge is 2.33. The molecule has 1 aliphatic rings. The lowest BCUT2D eigenvalue weighted by Crippen LogP contribution is -2.48. The summed E-state index contributed by atoms with van der Waals surface area (Å²) in [6.07, 6.45) is 0.316. The fourth-order valence-corrected chi connectivity index (χ4v) is 3.52. The molecule has 1 aromatic rings. The first-order valence-corrected chi connectivity index (χ1v) is 9.86. The van der Waals surface area contributed by atoms with Crippen molar-refractivity contribution in [2.75, 3.05) is 48.3 Å². The Hall–Kier alpha value is -3.01. The third-order valence-corrected chi connectivity index (χ3v) is 5.18. The lowest BCUT2D eigenvalue weighted by Gasteiger charge is -2.32. The molecule has 1 aromatic carbocycles. The van der Waals surface area contributed by atoms with Crippen LogP contribution in [0.1, 0.15) is 24.5 Å². The maximum absolute atomic E-state index is 12.4. The zero-order chi connectivity index (χ0) is 23.0. The molecule has 0 aromatic heterocycles. The van der Waals surface area contributed by atoms with Crippen LogP contribution in [0.25, 0.3) is 0 Å². The van der Waals surface area contributed by atoms with Crippen LogP contribution < -0.4 is 9.47 Å². The highest BCUT2D eigenvalue weighted by atomic mass is 16.6. The lowest BCUT2D eigenvalue weighted by atomic mass is 9.98. The van der Waals surface area contributed by atoms with Gasteiger partial charge in [0.25, 0.3) is 0 Å². The largest absolute Gasteiger partial charge is 0.493 e. The molecule has 1 amide bonds. The van der Waals surface area contributed by atoms with Crippen molar-refractivity contribution in [3.05, 3.63) is 23.3 Å². The molecule has 0 saturated carbocycles. The van der Waals surface area contributed by atoms with Crippen molar-refractivity contribution in [1.29, 1.82) is 0 Å². The van der Waals surface area contributed by atoms with E-state index in [0.717, 1.165) is 23.4 Å². The average Bonchev–Trinajstić information content (AvgIpc) is 2.78. The second-order valence-corrected chi connectivity index (χ2v) is 7.03. The molecule has 10 nitrogen and oxygen atoms in total. The fourth-order valence-electron chi connectivity index (χ4n) is 3.52. The number of hydrogen-bond acceptors (Lipinski definition) is 9. The van der Waals surface area contributed by atoms with Crippen molar-refractivity contribution in [3.63, 3.8) is 0 Å². The van der Waals surface area contributed by atoms with Gasteiger partial charge in [-0.15, -0.1) is 0 Å². The maximum Gasteiger partial charge on any atom is 0.412 e. The average molecular weight is 438 g/mol. The van der Waals surface area contributed by atoms with Gasteiger partial charge in [-0.05, 0) is 36.1 Å². The summed E-state index contributed by atoms with van der Waals surface area (Å²) in [7, 11) is 5.64. The van der Waals surface area contributed by atoms with Crippen molar-refractivity contribution in [2.24, 2.45) is 0 Å². The van der Waals surface area contributed by atoms with E-state index in [1.807, 2.05) is 12.1 Å². The summed E-state index contributed by atoms with van der Waals surface area (Å²) in [5.74, 6) is 0.171. The Labute approximate surface area is 181 Å². The van der Waals surface area contributed by atoms with E-state index < -0.39 is 30.8 Å². The summed E-state index contributed by atoms with van der Waals surface area (Å²) >= 11 is 0. The summed E-state index contributed by atoms with van der Waals surface area (Å²) < 4.78 is 25.3. The Bertz CT molecular complexity index is 798. The molecular weight excluding hydrogens is 408 g/mol. The third kappa shape index (κ3) is 6.24. The van der Waals surface area contributed by atoms with E-state index in [2.05, 4.69) is 4.90 Å². The number of nitrogens with zero attached hydrogens (tertiary/aromatic N) is 2. The van der Waals surface area contributed by atoms with Crippen LogP contribution in [-0.4, -0.2) is 82.1 Å². The molecule has 31 heavy (non-hydrogen) atoms. The molecule has 0 bridgehead atoms. The normalized spacial score (nSPS) is 14.1. The van der Waals surface area contributed by atoms with Crippen molar-refractivity contribution >= 4 is 18.0 Å². The van der Waals surface area contributed by atoms with Crippen molar-refractivity contribution in [3.8, 4) is 11.5 Å². The minimum Gasteiger partial charge on any atom is -0.493 e. The third-order valence-electron chi connectivity index (χ3n) is 5.18. The molecular formula is C21H30N2O8. The van der Waals surface area contributed by atoms with Gasteiger partial charge in [-0.2, -0.15) is 0 Å². The second kappa shape index (κ2) is 11.4. The first kappa shape index (κ1) is 24.3. The predicted octanol–water partition coefficient (Wildman–Crippen LogP) is 1.58. The first-order chi connectivity index (χ1) is 14.8. The molecule has 1 aliphatic heterocycles. The van der Waals surface area contributed by atoms with Gasteiger partial charge >= 0.3 is 18.0 Å². The van der Waals surface area contributed by atoms with Gasteiger partial charge in [0.15, 0.2) is 18.2 Å². The first-order valence-electron chi connectivity index (χ1n) is 9.86. The molecule has 0 radical (unpaired) electrons. The Morgan fingerprint density at radius 3 is 2.23 bits per heavy atom. The fraction of sp³-hybridized carbons (Fsp3) is 0.571. The number of ether oxygens (including phenoxy) is 5. The van der Waals surface area contributed by atoms with Crippen LogP contribution in [0.2, 0.25) is 0 Å². The highest BCUT2D eigenvalue weighted by molar-refractivity contribution is 5.81. The van der Waals surface area contributed by atoms with E-state index >= 15 is 0 Å². The molecule has 0 fully saturated rings. The van der Waals surface area contributed by atoms with Crippen LogP contribution >= 0.6 is 0 Å². The van der Waals surface area contributed by atoms with Crippen molar-refractivity contribution in [2.45, 2.75) is 32.4 Å². The number of fused-ring (bicyclic) bond motifs is 1. The summed E-state index contributed by atoms with van der Waals surface area (Å²) in [5, 5.41) is 0. The van der Waals surface area contributed by atoms with Gasteiger partial charge in [-0.25, -0.2) is 9.59 Å². The molecule has 2 rings (SSSR count). The maximum atomic E-state index is 12.4. The Balaban J connectivity index is 2.12. The van der Waals surface area contributed by atoms with Gasteiger partial charge in [0.05, 0.1) is 28.4 Å². The number of benzene rings is 1. The lowest BCUT2D eigenvalue weighted by molar-refractivity contribution is -0.155. The molecule has 0 N–H and O–H groups in total. The Kier molecular flexibility index (Phi) is 8.92. The van der Waals surface area contributed by atoms with Gasteiger partial charge < -0.3 is 23.7 Å². The number of rotatable bonds is 9. The summed E-state index contributed by atoms with van der Waals surface area (Å²) in [6, 6.07) is 2.99. The number of hydrogen-bond donors (Lipinski definition) is 0. The summed E-state index contributed by atoms with van der Waals surface area (Å²) in [6.45, 7) is 2.77. The summed E-state index contributed by atoms with van der Waals surface area (Å²) in [5.41, 5.74) is 2.30. The van der Waals surface area contributed by atoms with E-state index in [4.69, 9.17) is 23.7 Å². The van der Waals surface area contributed by atoms with Gasteiger partial charge in [-0.3, -0.25) is 14.6 Å². The number of methoxy groups -OCH3 is 4.